The fraction of sp³-hybridized carbons (Fsp3) is 0.200. The molecule has 0 saturated heterocycles. The van der Waals surface area contributed by atoms with Crippen LogP contribution in [0.4, 0.5) is 0 Å². The summed E-state index contributed by atoms with van der Waals surface area (Å²) in [6.45, 7) is 4.52. The summed E-state index contributed by atoms with van der Waals surface area (Å²) in [7, 11) is 7.78. The number of fused-ring (bicyclic) bond motifs is 2. The third-order valence-electron chi connectivity index (χ3n) is 5.86. The molecule has 0 nitrogen and oxygen atoms in total. The molecule has 132 valence electrons. The standard InChI is InChI=1S/2C9H7.C2H5.3ClH.Hf.H2Si/c2*1-2-5-9-7-3-6-8(9)4-1;1-2;;;;;/h2*1-7H;1H2,2H3;3*1H;;1H2/q;;;;;;+1;/p-1. The minimum atomic E-state index is -3.74. The first kappa shape index (κ1) is 21.2. The summed E-state index contributed by atoms with van der Waals surface area (Å²) in [6, 6.07) is 17.6. The third-order valence-corrected chi connectivity index (χ3v) is 43.1. The van der Waals surface area contributed by atoms with Crippen LogP contribution in [0.2, 0.25) is 4.18 Å². The molecule has 0 heterocycles. The maximum absolute atomic E-state index is 7.78. The van der Waals surface area contributed by atoms with Gasteiger partial charge in [-0.3, -0.25) is 0 Å². The van der Waals surface area contributed by atoms with Gasteiger partial charge < -0.3 is 0 Å². The van der Waals surface area contributed by atoms with Crippen molar-refractivity contribution >= 4 is 52.5 Å². The van der Waals surface area contributed by atoms with Crippen LogP contribution in [0, 0.1) is 0 Å². The summed E-state index contributed by atoms with van der Waals surface area (Å²) in [5, 5.41) is 0. The van der Waals surface area contributed by atoms with E-state index in [-0.39, 0.29) is 24.8 Å². The van der Waals surface area contributed by atoms with Gasteiger partial charge in [0.25, 0.3) is 0 Å². The monoisotopic (exact) mass is 576 g/mol. The molecule has 2 atom stereocenters. The van der Waals surface area contributed by atoms with Gasteiger partial charge in [-0.25, -0.2) is 0 Å². The zero-order valence-electron chi connectivity index (χ0n) is 14.2. The molecule has 2 aliphatic rings. The minimum Gasteiger partial charge on any atom is -0.147 e. The van der Waals surface area contributed by atoms with Gasteiger partial charge in [-0.15, -0.1) is 24.8 Å². The predicted molar refractivity (Wildman–Crippen MR) is 116 cm³/mol. The summed E-state index contributed by atoms with van der Waals surface area (Å²) in [6.07, 6.45) is 9.37. The van der Waals surface area contributed by atoms with Gasteiger partial charge >= 0.3 is 145 Å². The number of hydrogen-bond donors (Lipinski definition) is 0. The molecule has 0 radical (unpaired) electrons. The zero-order valence-corrected chi connectivity index (χ0v) is 21.6. The smallest absolute Gasteiger partial charge is 0.147 e. The van der Waals surface area contributed by atoms with Crippen LogP contribution in [0.5, 0.6) is 0 Å². The van der Waals surface area contributed by atoms with Crippen LogP contribution in [-0.2, 0) is 15.9 Å². The molecule has 0 amide bonds. The molecule has 2 aromatic carbocycles. The van der Waals surface area contributed by atoms with E-state index in [1.165, 1.54) is 22.3 Å². The van der Waals surface area contributed by atoms with Gasteiger partial charge in [0.2, 0.25) is 0 Å². The van der Waals surface area contributed by atoms with Crippen molar-refractivity contribution in [3.8, 4) is 0 Å². The first-order valence-electron chi connectivity index (χ1n) is 8.32. The van der Waals surface area contributed by atoms with Crippen molar-refractivity contribution in [1.29, 1.82) is 0 Å². The summed E-state index contributed by atoms with van der Waals surface area (Å²) < 4.78 is 2.01. The van der Waals surface area contributed by atoms with E-state index >= 15 is 0 Å². The fourth-order valence-electron chi connectivity index (χ4n) is 4.33. The van der Waals surface area contributed by atoms with Gasteiger partial charge in [0.05, 0.1) is 0 Å². The molecule has 25 heavy (non-hydrogen) atoms. The minimum absolute atomic E-state index is 0. The van der Waals surface area contributed by atoms with Gasteiger partial charge in [0, 0.05) is 0 Å². The Morgan fingerprint density at radius 1 is 0.840 bits per heavy atom. The quantitative estimate of drug-likeness (QED) is 0.383. The molecule has 2 unspecified atom stereocenters. The number of hydrogen-bond acceptors (Lipinski definition) is 0. The van der Waals surface area contributed by atoms with Crippen molar-refractivity contribution < 1.29 is 15.9 Å². The van der Waals surface area contributed by atoms with Crippen molar-refractivity contribution in [2.24, 2.45) is 0 Å². The van der Waals surface area contributed by atoms with Gasteiger partial charge in [-0.1, -0.05) is 0 Å². The molecule has 0 saturated carbocycles. The topological polar surface area (TPSA) is 0 Å². The Balaban J connectivity index is 0.00000113. The van der Waals surface area contributed by atoms with Crippen molar-refractivity contribution in [2.75, 3.05) is 0 Å². The van der Waals surface area contributed by atoms with E-state index in [4.69, 9.17) is 8.58 Å². The van der Waals surface area contributed by atoms with Crippen LogP contribution in [0.15, 0.2) is 60.7 Å². The molecule has 4 rings (SSSR count). The molecule has 0 N–H and O–H groups in total. The van der Waals surface area contributed by atoms with E-state index in [2.05, 4.69) is 86.7 Å². The van der Waals surface area contributed by atoms with E-state index in [1.54, 1.807) is 0 Å². The van der Waals surface area contributed by atoms with E-state index in [0.717, 1.165) is 4.18 Å². The summed E-state index contributed by atoms with van der Waals surface area (Å²) in [5.74, 6) is 0. The molecule has 2 aliphatic carbocycles. The Morgan fingerprint density at radius 2 is 1.24 bits per heavy atom. The maximum atomic E-state index is 7.78. The van der Waals surface area contributed by atoms with Crippen LogP contribution < -0.4 is 0 Å². The van der Waals surface area contributed by atoms with E-state index < -0.39 is 15.9 Å². The van der Waals surface area contributed by atoms with Crippen LogP contribution in [0.25, 0.3) is 12.2 Å². The second-order valence-corrected chi connectivity index (χ2v) is 51.6. The molecule has 2 aromatic rings. The average Bonchev–Trinajstić information content (AvgIpc) is 3.20. The van der Waals surface area contributed by atoms with E-state index in [1.807, 2.05) is 0 Å². The molecule has 0 spiro atoms. The van der Waals surface area contributed by atoms with Crippen LogP contribution in [0.1, 0.15) is 36.5 Å². The fourth-order valence-corrected chi connectivity index (χ4v) is 29.0. The SMILES string of the molecule is C[CH2][Hf](=[SiH2])([Cl])([CH]1C=Cc2ccccc21)[CH]1C=Cc2ccccc21.Cl.Cl. The van der Waals surface area contributed by atoms with Gasteiger partial charge in [-0.2, -0.15) is 0 Å². The number of allylic oxidation sites excluding steroid dienone is 2. The van der Waals surface area contributed by atoms with Gasteiger partial charge in [0.1, 0.15) is 0 Å². The molecule has 0 bridgehead atoms. The Morgan fingerprint density at radius 3 is 1.64 bits per heavy atom. The van der Waals surface area contributed by atoms with Crippen LogP contribution in [0.3, 0.4) is 0 Å². The van der Waals surface area contributed by atoms with Crippen LogP contribution >= 0.6 is 33.4 Å². The maximum Gasteiger partial charge on any atom is -0.147 e. The first-order valence-corrected chi connectivity index (χ1v) is 27.8. The Bertz CT molecular complexity index is 851. The average molecular weight is 576 g/mol. The zero-order chi connectivity index (χ0) is 16.1. The Labute approximate surface area is 168 Å². The molecule has 0 aromatic heterocycles. The number of rotatable bonds is 3. The summed E-state index contributed by atoms with van der Waals surface area (Å²) in [4.78, 5) is 0. The molecule has 0 aliphatic heterocycles. The van der Waals surface area contributed by atoms with E-state index in [0.29, 0.717) is 7.35 Å². The Hall–Kier alpha value is -0.123. The normalized spacial score (nSPS) is 20.4. The largest absolute Gasteiger partial charge is 0.147 e. The molecule has 0 fully saturated rings. The predicted octanol–water partition coefficient (Wildman–Crippen LogP) is 6.20. The van der Waals surface area contributed by atoms with Gasteiger partial charge in [-0.05, 0) is 0 Å². The molecular formula is C20H23Cl3HfSi. The van der Waals surface area contributed by atoms with Crippen molar-refractivity contribution in [3.63, 3.8) is 0 Å². The van der Waals surface area contributed by atoms with Crippen LogP contribution in [-0.4, -0.2) is 6.94 Å². The summed E-state index contributed by atoms with van der Waals surface area (Å²) >= 11 is -3.74. The third kappa shape index (κ3) is 3.19. The van der Waals surface area contributed by atoms with E-state index in [9.17, 15) is 0 Å². The number of halogens is 3. The van der Waals surface area contributed by atoms with Crippen molar-refractivity contribution in [2.45, 2.75) is 18.5 Å². The van der Waals surface area contributed by atoms with Gasteiger partial charge in [0.15, 0.2) is 0 Å². The second kappa shape index (κ2) is 7.48. The van der Waals surface area contributed by atoms with Crippen molar-refractivity contribution in [1.82, 2.24) is 0 Å². The molecular weight excluding hydrogens is 553 g/mol. The van der Waals surface area contributed by atoms with Crippen molar-refractivity contribution in [3.05, 3.63) is 82.9 Å². The number of benzene rings is 2. The second-order valence-electron chi connectivity index (χ2n) is 7.00. The first-order chi connectivity index (χ1) is 11.0. The molecule has 5 heteroatoms. The summed E-state index contributed by atoms with van der Waals surface area (Å²) in [5.41, 5.74) is 5.62. The Kier molecular flexibility index (Phi) is 6.34.